The van der Waals surface area contributed by atoms with E-state index in [0.717, 1.165) is 17.8 Å². The van der Waals surface area contributed by atoms with E-state index in [-0.39, 0.29) is 5.88 Å². The zero-order chi connectivity index (χ0) is 18.4. The maximum Gasteiger partial charge on any atom is 0.388 e. The highest BCUT2D eigenvalue weighted by Gasteiger charge is 2.31. The van der Waals surface area contributed by atoms with Crippen molar-refractivity contribution in [3.05, 3.63) is 23.9 Å². The van der Waals surface area contributed by atoms with Crippen LogP contribution in [0.1, 0.15) is 89.0 Å². The summed E-state index contributed by atoms with van der Waals surface area (Å²) in [5.41, 5.74) is 1.17. The maximum absolute atomic E-state index is 12.2. The Morgan fingerprint density at radius 1 is 1.00 bits per heavy atom. The van der Waals surface area contributed by atoms with E-state index >= 15 is 0 Å². The van der Waals surface area contributed by atoms with Crippen LogP contribution in [0, 0.1) is 17.8 Å². The Bertz CT molecular complexity index is 517. The average Bonchev–Trinajstić information content (AvgIpc) is 2.67. The van der Waals surface area contributed by atoms with E-state index in [1.807, 2.05) is 6.07 Å². The quantitative estimate of drug-likeness (QED) is 0.521. The second-order valence-corrected chi connectivity index (χ2v) is 8.34. The summed E-state index contributed by atoms with van der Waals surface area (Å²) in [6.07, 6.45) is 16.7. The van der Waals surface area contributed by atoms with Crippen LogP contribution in [-0.4, -0.2) is 11.6 Å². The van der Waals surface area contributed by atoms with Gasteiger partial charge in [-0.05, 0) is 67.8 Å². The smallest absolute Gasteiger partial charge is 0.388 e. The van der Waals surface area contributed by atoms with Crippen LogP contribution >= 0.6 is 0 Å². The van der Waals surface area contributed by atoms with Gasteiger partial charge in [-0.25, -0.2) is 4.98 Å². The van der Waals surface area contributed by atoms with Gasteiger partial charge in [0.1, 0.15) is 0 Å². The molecule has 26 heavy (non-hydrogen) atoms. The minimum absolute atomic E-state index is 0.0114. The average molecular weight is 366 g/mol. The number of hydrogen-bond donors (Lipinski definition) is 0. The van der Waals surface area contributed by atoms with Gasteiger partial charge in [0.2, 0.25) is 5.88 Å². The van der Waals surface area contributed by atoms with Crippen LogP contribution in [0.15, 0.2) is 18.3 Å². The van der Waals surface area contributed by atoms with Crippen molar-refractivity contribution in [2.24, 2.45) is 17.8 Å². The van der Waals surface area contributed by atoms with Gasteiger partial charge in [0.05, 0.1) is 0 Å². The molecule has 2 saturated carbocycles. The standard InChI is InChI=1S/C22H33F2NO/c1-2-3-4-16-5-7-17(8-6-16)18-9-11-19(12-10-18)20-13-14-21(25-15-20)26-22(23)24/h13-19,22H,2-12H2,1H3/t16-,17-,18-,19-. The molecule has 0 bridgehead atoms. The predicted molar refractivity (Wildman–Crippen MR) is 101 cm³/mol. The molecule has 0 N–H and O–H groups in total. The Morgan fingerprint density at radius 3 is 2.19 bits per heavy atom. The molecule has 3 rings (SSSR count). The van der Waals surface area contributed by atoms with Gasteiger partial charge in [0, 0.05) is 12.3 Å². The largest absolute Gasteiger partial charge is 0.417 e. The Hall–Kier alpha value is -1.19. The van der Waals surface area contributed by atoms with Crippen LogP contribution < -0.4 is 4.74 Å². The number of nitrogens with zero attached hydrogens (tertiary/aromatic N) is 1. The maximum atomic E-state index is 12.2. The van der Waals surface area contributed by atoms with Crippen LogP contribution in [-0.2, 0) is 0 Å². The molecule has 146 valence electrons. The van der Waals surface area contributed by atoms with Gasteiger partial charge in [-0.1, -0.05) is 45.1 Å². The molecule has 0 spiro atoms. The molecule has 0 saturated heterocycles. The highest BCUT2D eigenvalue weighted by Crippen LogP contribution is 2.44. The van der Waals surface area contributed by atoms with Crippen molar-refractivity contribution in [2.75, 3.05) is 0 Å². The van der Waals surface area contributed by atoms with E-state index in [9.17, 15) is 8.78 Å². The summed E-state index contributed by atoms with van der Waals surface area (Å²) in [4.78, 5) is 4.03. The number of alkyl halides is 2. The van der Waals surface area contributed by atoms with E-state index in [0.29, 0.717) is 5.92 Å². The van der Waals surface area contributed by atoms with Crippen LogP contribution in [0.25, 0.3) is 0 Å². The molecular formula is C22H33F2NO. The van der Waals surface area contributed by atoms with E-state index in [1.54, 1.807) is 12.3 Å². The molecule has 4 heteroatoms. The second-order valence-electron chi connectivity index (χ2n) is 8.34. The van der Waals surface area contributed by atoms with Crippen molar-refractivity contribution < 1.29 is 13.5 Å². The van der Waals surface area contributed by atoms with Crippen molar-refractivity contribution >= 4 is 0 Å². The topological polar surface area (TPSA) is 22.1 Å². The zero-order valence-electron chi connectivity index (χ0n) is 16.0. The molecular weight excluding hydrogens is 332 g/mol. The fourth-order valence-electron chi connectivity index (χ4n) is 5.16. The molecule has 0 aromatic carbocycles. The van der Waals surface area contributed by atoms with Gasteiger partial charge in [-0.3, -0.25) is 0 Å². The highest BCUT2D eigenvalue weighted by molar-refractivity contribution is 5.21. The lowest BCUT2D eigenvalue weighted by atomic mass is 9.68. The van der Waals surface area contributed by atoms with E-state index < -0.39 is 6.61 Å². The normalized spacial score (nSPS) is 29.7. The first-order chi connectivity index (χ1) is 12.7. The summed E-state index contributed by atoms with van der Waals surface area (Å²) in [5.74, 6) is 3.36. The third-order valence-corrected chi connectivity index (χ3v) is 6.74. The number of ether oxygens (including phenoxy) is 1. The van der Waals surface area contributed by atoms with Gasteiger partial charge in [-0.15, -0.1) is 0 Å². The summed E-state index contributed by atoms with van der Waals surface area (Å²) in [7, 11) is 0. The molecule has 0 atom stereocenters. The second kappa shape index (κ2) is 9.66. The fourth-order valence-corrected chi connectivity index (χ4v) is 5.16. The van der Waals surface area contributed by atoms with Gasteiger partial charge in [-0.2, -0.15) is 8.78 Å². The molecule has 0 radical (unpaired) electrons. The molecule has 2 aliphatic carbocycles. The number of hydrogen-bond acceptors (Lipinski definition) is 2. The Balaban J connectivity index is 1.43. The van der Waals surface area contributed by atoms with Crippen molar-refractivity contribution in [3.8, 4) is 5.88 Å². The van der Waals surface area contributed by atoms with Gasteiger partial charge >= 0.3 is 6.61 Å². The molecule has 2 nitrogen and oxygen atoms in total. The van der Waals surface area contributed by atoms with Crippen molar-refractivity contribution in [1.29, 1.82) is 0 Å². The molecule has 2 aliphatic rings. The van der Waals surface area contributed by atoms with E-state index in [2.05, 4.69) is 16.6 Å². The monoisotopic (exact) mass is 365 g/mol. The summed E-state index contributed by atoms with van der Waals surface area (Å²) in [6, 6.07) is 3.49. The molecule has 0 unspecified atom stereocenters. The van der Waals surface area contributed by atoms with Crippen molar-refractivity contribution in [2.45, 2.75) is 90.1 Å². The van der Waals surface area contributed by atoms with Gasteiger partial charge in [0.25, 0.3) is 0 Å². The first-order valence-electron chi connectivity index (χ1n) is 10.6. The molecule has 0 amide bonds. The molecule has 0 aliphatic heterocycles. The third kappa shape index (κ3) is 5.40. The Morgan fingerprint density at radius 2 is 1.65 bits per heavy atom. The van der Waals surface area contributed by atoms with Crippen molar-refractivity contribution in [1.82, 2.24) is 4.98 Å². The molecule has 2 fully saturated rings. The number of pyridine rings is 1. The number of halogens is 2. The summed E-state index contributed by atoms with van der Waals surface area (Å²) < 4.78 is 28.8. The first-order valence-corrected chi connectivity index (χ1v) is 10.6. The lowest BCUT2D eigenvalue weighted by molar-refractivity contribution is -0.0528. The lowest BCUT2D eigenvalue weighted by Gasteiger charge is -2.38. The van der Waals surface area contributed by atoms with Crippen molar-refractivity contribution in [3.63, 3.8) is 0 Å². The van der Waals surface area contributed by atoms with E-state index in [1.165, 1.54) is 76.2 Å². The first kappa shape index (κ1) is 19.6. The lowest BCUT2D eigenvalue weighted by Crippen LogP contribution is -2.25. The zero-order valence-corrected chi connectivity index (χ0v) is 16.0. The minimum Gasteiger partial charge on any atom is -0.417 e. The Labute approximate surface area is 156 Å². The highest BCUT2D eigenvalue weighted by atomic mass is 19.3. The minimum atomic E-state index is -2.80. The van der Waals surface area contributed by atoms with Gasteiger partial charge in [0.15, 0.2) is 0 Å². The third-order valence-electron chi connectivity index (χ3n) is 6.74. The van der Waals surface area contributed by atoms with Gasteiger partial charge < -0.3 is 4.74 Å². The molecule has 1 aromatic heterocycles. The SMILES string of the molecule is CCCC[C@H]1CC[C@H]([C@H]2CC[C@H](c3ccc(OC(F)F)nc3)CC2)CC1. The van der Waals surface area contributed by atoms with Crippen LogP contribution in [0.2, 0.25) is 0 Å². The van der Waals surface area contributed by atoms with E-state index in [4.69, 9.17) is 0 Å². The molecule has 1 heterocycles. The van der Waals surface area contributed by atoms with Crippen LogP contribution in [0.5, 0.6) is 5.88 Å². The van der Waals surface area contributed by atoms with Crippen LogP contribution in [0.4, 0.5) is 8.78 Å². The summed E-state index contributed by atoms with van der Waals surface area (Å²) >= 11 is 0. The number of aromatic nitrogens is 1. The van der Waals surface area contributed by atoms with Crippen LogP contribution in [0.3, 0.4) is 0 Å². The number of unbranched alkanes of at least 4 members (excludes halogenated alkanes) is 1. The number of rotatable bonds is 7. The fraction of sp³-hybridized carbons (Fsp3) is 0.773. The summed E-state index contributed by atoms with van der Waals surface area (Å²) in [6.45, 7) is -0.514. The Kier molecular flexibility index (Phi) is 7.27. The molecule has 1 aromatic rings. The summed E-state index contributed by atoms with van der Waals surface area (Å²) in [5, 5.41) is 0. The predicted octanol–water partition coefficient (Wildman–Crippen LogP) is 6.95.